The highest BCUT2D eigenvalue weighted by Crippen LogP contribution is 2.47. The second-order valence-corrected chi connectivity index (χ2v) is 5.34. The molecular weight excluding hydrogens is 206 g/mol. The summed E-state index contributed by atoms with van der Waals surface area (Å²) < 4.78 is 0. The number of rotatable bonds is 3. The lowest BCUT2D eigenvalue weighted by molar-refractivity contribution is 0.339. The molecule has 0 saturated heterocycles. The van der Waals surface area contributed by atoms with E-state index in [2.05, 4.69) is 48.6 Å². The van der Waals surface area contributed by atoms with Crippen molar-refractivity contribution in [2.75, 3.05) is 0 Å². The fourth-order valence-electron chi connectivity index (χ4n) is 3.44. The van der Waals surface area contributed by atoms with Gasteiger partial charge in [0.15, 0.2) is 0 Å². The van der Waals surface area contributed by atoms with Crippen LogP contribution < -0.4 is 0 Å². The number of allylic oxidation sites excluding steroid dienone is 1. The zero-order valence-electron chi connectivity index (χ0n) is 10.4. The normalized spacial score (nSPS) is 20.4. The summed E-state index contributed by atoms with van der Waals surface area (Å²) in [5.74, 6) is 0. The van der Waals surface area contributed by atoms with Crippen LogP contribution >= 0.6 is 0 Å². The lowest BCUT2D eigenvalue weighted by Crippen LogP contribution is -2.23. The first-order valence-electron chi connectivity index (χ1n) is 6.62. The van der Waals surface area contributed by atoms with E-state index in [0.717, 1.165) is 6.42 Å². The molecule has 0 spiro atoms. The molecule has 0 bridgehead atoms. The molecule has 0 amide bonds. The Morgan fingerprint density at radius 3 is 2.41 bits per heavy atom. The van der Waals surface area contributed by atoms with E-state index in [1.54, 1.807) is 16.7 Å². The average Bonchev–Trinajstić information content (AvgIpc) is 2.96. The molecule has 1 heteroatoms. The zero-order valence-corrected chi connectivity index (χ0v) is 10.4. The van der Waals surface area contributed by atoms with Gasteiger partial charge >= 0.3 is 0 Å². The van der Waals surface area contributed by atoms with Crippen LogP contribution in [0.25, 0.3) is 0 Å². The van der Waals surface area contributed by atoms with Crippen molar-refractivity contribution in [3.63, 3.8) is 0 Å². The standard InChI is InChI=1S/C16H19N/c1-2-8-16(15-7-9-17-12-15)10-13-5-3-4-6-14(13)11-16/h3-6,9,12H,2,7-8,10-11H2,1H3. The molecule has 2 aliphatic rings. The molecule has 0 fully saturated rings. The number of hydrogen-bond acceptors (Lipinski definition) is 1. The highest BCUT2D eigenvalue weighted by Gasteiger charge is 2.39. The van der Waals surface area contributed by atoms with Crippen molar-refractivity contribution in [1.82, 2.24) is 0 Å². The maximum atomic E-state index is 4.31. The fraction of sp³-hybridized carbons (Fsp3) is 0.438. The van der Waals surface area contributed by atoms with Gasteiger partial charge in [-0.1, -0.05) is 37.6 Å². The second-order valence-electron chi connectivity index (χ2n) is 5.34. The summed E-state index contributed by atoms with van der Waals surface area (Å²) in [5.41, 5.74) is 5.02. The summed E-state index contributed by atoms with van der Waals surface area (Å²) in [6.07, 6.45) is 10.2. The molecule has 3 rings (SSSR count). The Bertz CT molecular complexity index is 457. The Morgan fingerprint density at radius 1 is 1.18 bits per heavy atom. The molecule has 0 unspecified atom stereocenters. The Balaban J connectivity index is 1.95. The molecule has 0 atom stereocenters. The molecule has 0 saturated carbocycles. The summed E-state index contributed by atoms with van der Waals surface area (Å²) in [6.45, 7) is 2.29. The predicted molar refractivity (Wildman–Crippen MR) is 72.4 cm³/mol. The van der Waals surface area contributed by atoms with Crippen LogP contribution in [-0.4, -0.2) is 6.21 Å². The molecule has 88 valence electrons. The summed E-state index contributed by atoms with van der Waals surface area (Å²) >= 11 is 0. The van der Waals surface area contributed by atoms with E-state index in [1.165, 1.54) is 25.7 Å². The molecule has 1 aromatic carbocycles. The first-order valence-corrected chi connectivity index (χ1v) is 6.62. The van der Waals surface area contributed by atoms with E-state index in [1.807, 2.05) is 0 Å². The van der Waals surface area contributed by atoms with Crippen LogP contribution in [0.2, 0.25) is 0 Å². The third-order valence-corrected chi connectivity index (χ3v) is 4.23. The van der Waals surface area contributed by atoms with E-state index in [0.29, 0.717) is 5.41 Å². The van der Waals surface area contributed by atoms with Crippen molar-refractivity contribution >= 4 is 6.21 Å². The third kappa shape index (κ3) is 1.74. The first-order chi connectivity index (χ1) is 8.34. The van der Waals surface area contributed by atoms with E-state index in [9.17, 15) is 0 Å². The largest absolute Gasteiger partial charge is 0.269 e. The Kier molecular flexibility index (Phi) is 2.62. The first kappa shape index (κ1) is 10.8. The highest BCUT2D eigenvalue weighted by atomic mass is 14.7. The minimum absolute atomic E-state index is 0.370. The van der Waals surface area contributed by atoms with Crippen molar-refractivity contribution in [3.8, 4) is 0 Å². The maximum absolute atomic E-state index is 4.31. The van der Waals surface area contributed by atoms with Crippen molar-refractivity contribution in [3.05, 3.63) is 47.2 Å². The van der Waals surface area contributed by atoms with E-state index in [4.69, 9.17) is 0 Å². The van der Waals surface area contributed by atoms with Gasteiger partial charge in [0.1, 0.15) is 0 Å². The van der Waals surface area contributed by atoms with Gasteiger partial charge in [-0.25, -0.2) is 0 Å². The highest BCUT2D eigenvalue weighted by molar-refractivity contribution is 5.66. The molecule has 1 aromatic rings. The molecule has 1 aliphatic carbocycles. The van der Waals surface area contributed by atoms with Crippen LogP contribution in [0.3, 0.4) is 0 Å². The predicted octanol–water partition coefficient (Wildman–Crippen LogP) is 3.93. The van der Waals surface area contributed by atoms with Gasteiger partial charge in [-0.15, -0.1) is 0 Å². The topological polar surface area (TPSA) is 12.4 Å². The number of hydrogen-bond donors (Lipinski definition) is 0. The Morgan fingerprint density at radius 2 is 1.88 bits per heavy atom. The van der Waals surface area contributed by atoms with Crippen molar-refractivity contribution in [2.24, 2.45) is 10.4 Å². The maximum Gasteiger partial charge on any atom is 0.0265 e. The summed E-state index contributed by atoms with van der Waals surface area (Å²) in [6, 6.07) is 8.92. The molecule has 17 heavy (non-hydrogen) atoms. The summed E-state index contributed by atoms with van der Waals surface area (Å²) in [5, 5.41) is 0. The molecule has 1 heterocycles. The minimum atomic E-state index is 0.370. The molecule has 1 aliphatic heterocycles. The van der Waals surface area contributed by atoms with Gasteiger partial charge in [0, 0.05) is 24.3 Å². The number of benzene rings is 1. The van der Waals surface area contributed by atoms with Gasteiger partial charge in [-0.05, 0) is 36.0 Å². The van der Waals surface area contributed by atoms with Crippen LogP contribution in [0, 0.1) is 5.41 Å². The minimum Gasteiger partial charge on any atom is -0.269 e. The lowest BCUT2D eigenvalue weighted by Gasteiger charge is -2.30. The van der Waals surface area contributed by atoms with E-state index in [-0.39, 0.29) is 0 Å². The fourth-order valence-corrected chi connectivity index (χ4v) is 3.44. The van der Waals surface area contributed by atoms with E-state index >= 15 is 0 Å². The molecule has 0 aromatic heterocycles. The van der Waals surface area contributed by atoms with Crippen molar-refractivity contribution in [1.29, 1.82) is 0 Å². The van der Waals surface area contributed by atoms with E-state index < -0.39 is 0 Å². The SMILES string of the molecule is CCCC1(C2=CN=CC2)Cc2ccccc2C1. The van der Waals surface area contributed by atoms with Crippen molar-refractivity contribution < 1.29 is 0 Å². The van der Waals surface area contributed by atoms with Crippen LogP contribution in [0.1, 0.15) is 37.3 Å². The monoisotopic (exact) mass is 225 g/mol. The Hall–Kier alpha value is -1.37. The molecule has 1 nitrogen and oxygen atoms in total. The molecular formula is C16H19N. The van der Waals surface area contributed by atoms with Gasteiger partial charge in [0.2, 0.25) is 0 Å². The lowest BCUT2D eigenvalue weighted by atomic mass is 9.73. The van der Waals surface area contributed by atoms with Gasteiger partial charge in [0.05, 0.1) is 0 Å². The van der Waals surface area contributed by atoms with Gasteiger partial charge in [-0.2, -0.15) is 0 Å². The summed E-state index contributed by atoms with van der Waals surface area (Å²) in [7, 11) is 0. The van der Waals surface area contributed by atoms with Crippen LogP contribution in [0.4, 0.5) is 0 Å². The summed E-state index contributed by atoms with van der Waals surface area (Å²) in [4.78, 5) is 4.31. The van der Waals surface area contributed by atoms with Crippen LogP contribution in [0.15, 0.2) is 41.0 Å². The number of nitrogens with zero attached hydrogens (tertiary/aromatic N) is 1. The van der Waals surface area contributed by atoms with Gasteiger partial charge < -0.3 is 0 Å². The number of aliphatic imine (C=N–C) groups is 1. The zero-order chi connectivity index (χ0) is 11.7. The van der Waals surface area contributed by atoms with Crippen molar-refractivity contribution in [2.45, 2.75) is 39.0 Å². The average molecular weight is 225 g/mol. The smallest absolute Gasteiger partial charge is 0.0265 e. The molecule has 0 radical (unpaired) electrons. The second kappa shape index (κ2) is 4.14. The molecule has 0 N–H and O–H groups in total. The van der Waals surface area contributed by atoms with Gasteiger partial charge in [-0.3, -0.25) is 4.99 Å². The number of fused-ring (bicyclic) bond motifs is 1. The van der Waals surface area contributed by atoms with Crippen LogP contribution in [-0.2, 0) is 12.8 Å². The quantitative estimate of drug-likeness (QED) is 0.739. The third-order valence-electron chi connectivity index (χ3n) is 4.23. The van der Waals surface area contributed by atoms with Gasteiger partial charge in [0.25, 0.3) is 0 Å². The van der Waals surface area contributed by atoms with Crippen LogP contribution in [0.5, 0.6) is 0 Å². The Labute approximate surface area is 103 Å².